The number of hydrogen-bond acceptors (Lipinski definition) is 6. The lowest BCUT2D eigenvalue weighted by molar-refractivity contribution is 0.655. The second-order valence-electron chi connectivity index (χ2n) is 8.53. The Morgan fingerprint density at radius 2 is 0.567 bits per heavy atom. The molecule has 0 fully saturated rings. The molecule has 0 atom stereocenters. The highest BCUT2D eigenvalue weighted by molar-refractivity contribution is 5.98. The van der Waals surface area contributed by atoms with E-state index in [2.05, 4.69) is 0 Å². The molecule has 0 bridgehead atoms. The fourth-order valence-electron chi connectivity index (χ4n) is 4.90. The van der Waals surface area contributed by atoms with E-state index in [4.69, 9.17) is 29.9 Å². The van der Waals surface area contributed by atoms with Crippen molar-refractivity contribution in [2.45, 2.75) is 51.4 Å². The van der Waals surface area contributed by atoms with E-state index in [1.807, 2.05) is 24.3 Å². The quantitative estimate of drug-likeness (QED) is 0.363. The molecule has 146 valence electrons. The molecule has 3 heterocycles. The lowest BCUT2D eigenvalue weighted by Crippen LogP contribution is -2.08. The minimum absolute atomic E-state index is 0.852. The van der Waals surface area contributed by atoms with Gasteiger partial charge in [0.25, 0.3) is 0 Å². The Morgan fingerprint density at radius 1 is 0.333 bits per heavy atom. The van der Waals surface area contributed by atoms with Crippen LogP contribution >= 0.6 is 0 Å². The van der Waals surface area contributed by atoms with Gasteiger partial charge >= 0.3 is 0 Å². The molecule has 30 heavy (non-hydrogen) atoms. The smallest absolute Gasteiger partial charge is 0.0917 e. The molecule has 0 aliphatic heterocycles. The monoisotopic (exact) mass is 392 g/mol. The summed E-state index contributed by atoms with van der Waals surface area (Å²) in [6, 6.07) is 8.12. The fourth-order valence-corrected chi connectivity index (χ4v) is 4.90. The minimum Gasteiger partial charge on any atom is -0.249 e. The van der Waals surface area contributed by atoms with E-state index in [0.29, 0.717) is 0 Å². The molecule has 6 nitrogen and oxygen atoms in total. The van der Waals surface area contributed by atoms with Crippen molar-refractivity contribution in [1.82, 2.24) is 29.9 Å². The maximum atomic E-state index is 4.90. The van der Waals surface area contributed by atoms with Crippen LogP contribution in [0.2, 0.25) is 0 Å². The average Bonchev–Trinajstić information content (AvgIpc) is 2.77. The maximum absolute atomic E-state index is 4.90. The van der Waals surface area contributed by atoms with Gasteiger partial charge in [-0.1, -0.05) is 0 Å². The highest BCUT2D eigenvalue weighted by Crippen LogP contribution is 2.27. The van der Waals surface area contributed by atoms with Gasteiger partial charge in [0.2, 0.25) is 0 Å². The Kier molecular flexibility index (Phi) is 3.36. The molecule has 0 saturated carbocycles. The van der Waals surface area contributed by atoms with Crippen LogP contribution in [0.15, 0.2) is 24.3 Å². The second kappa shape index (κ2) is 6.11. The van der Waals surface area contributed by atoms with Gasteiger partial charge in [0.05, 0.1) is 66.9 Å². The number of aryl methyl sites for hydroxylation is 4. The van der Waals surface area contributed by atoms with Gasteiger partial charge in [0, 0.05) is 0 Å². The maximum Gasteiger partial charge on any atom is 0.0917 e. The van der Waals surface area contributed by atoms with Crippen LogP contribution in [-0.2, 0) is 25.7 Å². The molecule has 0 radical (unpaired) electrons. The Morgan fingerprint density at radius 3 is 0.833 bits per heavy atom. The van der Waals surface area contributed by atoms with E-state index < -0.39 is 0 Å². The van der Waals surface area contributed by atoms with Crippen molar-refractivity contribution in [3.63, 3.8) is 0 Å². The van der Waals surface area contributed by atoms with E-state index in [-0.39, 0.29) is 0 Å². The summed E-state index contributed by atoms with van der Waals surface area (Å²) < 4.78 is 0. The zero-order chi connectivity index (χ0) is 19.7. The molecule has 7 rings (SSSR count). The van der Waals surface area contributed by atoms with Crippen LogP contribution in [0.5, 0.6) is 0 Å². The number of benzene rings is 2. The normalized spacial score (nSPS) is 16.3. The molecular formula is C24H20N6. The van der Waals surface area contributed by atoms with Gasteiger partial charge in [-0.2, -0.15) is 0 Å². The van der Waals surface area contributed by atoms with Crippen molar-refractivity contribution in [3.8, 4) is 0 Å². The van der Waals surface area contributed by atoms with Gasteiger partial charge in [-0.3, -0.25) is 0 Å². The van der Waals surface area contributed by atoms with Crippen LogP contribution in [0, 0.1) is 0 Å². The number of hydrogen-bond donors (Lipinski definition) is 0. The number of rotatable bonds is 0. The molecule has 2 aliphatic rings. The van der Waals surface area contributed by atoms with Crippen LogP contribution in [0.1, 0.15) is 48.5 Å². The van der Waals surface area contributed by atoms with Crippen molar-refractivity contribution in [2.75, 3.05) is 0 Å². The van der Waals surface area contributed by atoms with E-state index in [0.717, 1.165) is 92.6 Å². The molecule has 3 aromatic heterocycles. The van der Waals surface area contributed by atoms with Crippen molar-refractivity contribution in [3.05, 3.63) is 47.0 Å². The highest BCUT2D eigenvalue weighted by Gasteiger charge is 2.16. The summed E-state index contributed by atoms with van der Waals surface area (Å²) in [7, 11) is 0. The second-order valence-corrected chi connectivity index (χ2v) is 8.53. The predicted molar refractivity (Wildman–Crippen MR) is 117 cm³/mol. The lowest BCUT2D eigenvalue weighted by Gasteiger charge is -2.15. The first-order valence-electron chi connectivity index (χ1n) is 10.9. The van der Waals surface area contributed by atoms with Gasteiger partial charge in [-0.15, -0.1) is 0 Å². The van der Waals surface area contributed by atoms with E-state index >= 15 is 0 Å². The molecule has 6 heteroatoms. The third kappa shape index (κ3) is 2.49. The first-order valence-corrected chi connectivity index (χ1v) is 10.9. The van der Waals surface area contributed by atoms with Crippen molar-refractivity contribution >= 4 is 44.1 Å². The van der Waals surface area contributed by atoms with Crippen LogP contribution in [0.3, 0.4) is 0 Å². The van der Waals surface area contributed by atoms with Crippen molar-refractivity contribution < 1.29 is 0 Å². The van der Waals surface area contributed by atoms with Crippen LogP contribution in [-0.4, -0.2) is 29.9 Å². The summed E-state index contributed by atoms with van der Waals surface area (Å²) >= 11 is 0. The Bertz CT molecular complexity index is 1280. The van der Waals surface area contributed by atoms with Crippen molar-refractivity contribution in [2.24, 2.45) is 0 Å². The number of fused-ring (bicyclic) bond motifs is 6. The molecule has 0 N–H and O–H groups in total. The number of nitrogens with zero attached hydrogens (tertiary/aromatic N) is 6. The molecule has 0 amide bonds. The first kappa shape index (κ1) is 16.5. The summed E-state index contributed by atoms with van der Waals surface area (Å²) in [4.78, 5) is 29.4. The molecule has 0 spiro atoms. The summed E-state index contributed by atoms with van der Waals surface area (Å²) in [6.07, 6.45) is 8.88. The largest absolute Gasteiger partial charge is 0.249 e. The van der Waals surface area contributed by atoms with Gasteiger partial charge in [0.1, 0.15) is 0 Å². The Hall–Kier alpha value is -3.28. The topological polar surface area (TPSA) is 77.3 Å². The summed E-state index contributed by atoms with van der Waals surface area (Å²) in [6.45, 7) is 0. The minimum atomic E-state index is 0.852. The van der Waals surface area contributed by atoms with Crippen molar-refractivity contribution in [1.29, 1.82) is 0 Å². The predicted octanol–water partition coefficient (Wildman–Crippen LogP) is 4.43. The summed E-state index contributed by atoms with van der Waals surface area (Å²) in [5.74, 6) is 0. The van der Waals surface area contributed by atoms with E-state index in [9.17, 15) is 0 Å². The average molecular weight is 392 g/mol. The molecule has 5 aromatic rings. The SMILES string of the molecule is c1c2nc3c(nc2cc2nc4cc5nc6c(nc5cc4nc12)CCCC6)CCCC3. The zero-order valence-corrected chi connectivity index (χ0v) is 16.6. The zero-order valence-electron chi connectivity index (χ0n) is 16.6. The Labute approximate surface area is 172 Å². The molecule has 2 aromatic carbocycles. The highest BCUT2D eigenvalue weighted by atomic mass is 14.9. The van der Waals surface area contributed by atoms with Crippen LogP contribution in [0.25, 0.3) is 44.1 Å². The third-order valence-electron chi connectivity index (χ3n) is 6.47. The number of aromatic nitrogens is 6. The molecular weight excluding hydrogens is 372 g/mol. The summed E-state index contributed by atoms with van der Waals surface area (Å²) in [5, 5.41) is 0. The standard InChI is InChI=1S/C24H20N6/c1-2-6-14-13(5-1)25-17-9-21-22(10-18(17)26-14)30-24-12-20-19(11-23(24)29-21)27-15-7-3-4-8-16(15)28-20/h9-12H,1-8H2. The Balaban J connectivity index is 1.47. The molecule has 0 saturated heterocycles. The lowest BCUT2D eigenvalue weighted by atomic mass is 10.00. The fraction of sp³-hybridized carbons (Fsp3) is 0.333. The molecule has 0 unspecified atom stereocenters. The van der Waals surface area contributed by atoms with Gasteiger partial charge < -0.3 is 0 Å². The first-order chi connectivity index (χ1) is 14.8. The van der Waals surface area contributed by atoms with Crippen LogP contribution < -0.4 is 0 Å². The van der Waals surface area contributed by atoms with E-state index in [1.165, 1.54) is 25.7 Å². The van der Waals surface area contributed by atoms with Gasteiger partial charge in [0.15, 0.2) is 0 Å². The van der Waals surface area contributed by atoms with E-state index in [1.54, 1.807) is 0 Å². The van der Waals surface area contributed by atoms with Gasteiger partial charge in [-0.05, 0) is 75.6 Å². The van der Waals surface area contributed by atoms with Gasteiger partial charge in [-0.25, -0.2) is 29.9 Å². The third-order valence-corrected chi connectivity index (χ3v) is 6.47. The summed E-state index contributed by atoms with van der Waals surface area (Å²) in [5.41, 5.74) is 11.6. The van der Waals surface area contributed by atoms with Crippen LogP contribution in [0.4, 0.5) is 0 Å². The molecule has 2 aliphatic carbocycles.